The number of benzene rings is 1. The van der Waals surface area contributed by atoms with Crippen LogP contribution in [-0.2, 0) is 5.60 Å². The summed E-state index contributed by atoms with van der Waals surface area (Å²) >= 11 is 8.78. The first-order valence-corrected chi connectivity index (χ1v) is 9.37. The molecule has 7 heteroatoms. The molecule has 0 aliphatic carbocycles. The zero-order valence-corrected chi connectivity index (χ0v) is 14.9. The molecule has 0 saturated heterocycles. The van der Waals surface area contributed by atoms with Crippen LogP contribution in [0.5, 0.6) is 0 Å². The van der Waals surface area contributed by atoms with Gasteiger partial charge in [0.1, 0.15) is 5.60 Å². The van der Waals surface area contributed by atoms with Gasteiger partial charge in [-0.05, 0) is 52.5 Å². The zero-order valence-electron chi connectivity index (χ0n) is 12.5. The maximum absolute atomic E-state index is 12.1. The summed E-state index contributed by atoms with van der Waals surface area (Å²) < 4.78 is 0. The molecule has 0 radical (unpaired) electrons. The summed E-state index contributed by atoms with van der Waals surface area (Å²) in [5.41, 5.74) is 0.153. The molecule has 0 aliphatic rings. The van der Waals surface area contributed by atoms with Gasteiger partial charge in [0.15, 0.2) is 0 Å². The van der Waals surface area contributed by atoms with Gasteiger partial charge in [-0.25, -0.2) is 4.79 Å². The average Bonchev–Trinajstić information content (AvgIpc) is 3.28. The van der Waals surface area contributed by atoms with Gasteiger partial charge < -0.3 is 15.7 Å². The van der Waals surface area contributed by atoms with Crippen LogP contribution in [0, 0.1) is 0 Å². The van der Waals surface area contributed by atoms with Crippen LogP contribution in [0.25, 0.3) is 0 Å². The number of carbonyl (C=O) groups is 1. The van der Waals surface area contributed by atoms with Gasteiger partial charge in [-0.2, -0.15) is 11.3 Å². The minimum Gasteiger partial charge on any atom is -0.378 e. The van der Waals surface area contributed by atoms with Crippen molar-refractivity contribution < 1.29 is 9.90 Å². The zero-order chi connectivity index (χ0) is 17.0. The van der Waals surface area contributed by atoms with Gasteiger partial charge in [0, 0.05) is 21.2 Å². The largest absolute Gasteiger partial charge is 0.378 e. The summed E-state index contributed by atoms with van der Waals surface area (Å²) in [5.74, 6) is 0. The van der Waals surface area contributed by atoms with Gasteiger partial charge in [0.05, 0.1) is 6.54 Å². The Bertz CT molecular complexity index is 752. The molecule has 4 nitrogen and oxygen atoms in total. The first-order chi connectivity index (χ1) is 11.6. The molecule has 24 heavy (non-hydrogen) atoms. The molecule has 1 atom stereocenters. The molecule has 2 heterocycles. The molecule has 0 aliphatic heterocycles. The van der Waals surface area contributed by atoms with Gasteiger partial charge in [-0.1, -0.05) is 17.7 Å². The molecular weight excluding hydrogens is 364 g/mol. The molecule has 0 spiro atoms. The van der Waals surface area contributed by atoms with E-state index in [1.54, 1.807) is 24.3 Å². The highest BCUT2D eigenvalue weighted by Crippen LogP contribution is 2.33. The minimum atomic E-state index is -1.24. The summed E-state index contributed by atoms with van der Waals surface area (Å²) in [4.78, 5) is 12.9. The fourth-order valence-corrected chi connectivity index (χ4v) is 3.96. The van der Waals surface area contributed by atoms with Crippen LogP contribution in [0.2, 0.25) is 5.02 Å². The lowest BCUT2D eigenvalue weighted by Crippen LogP contribution is -2.42. The van der Waals surface area contributed by atoms with Gasteiger partial charge >= 0.3 is 6.03 Å². The quantitative estimate of drug-likeness (QED) is 0.611. The maximum Gasteiger partial charge on any atom is 0.319 e. The van der Waals surface area contributed by atoms with Crippen molar-refractivity contribution >= 4 is 46.0 Å². The van der Waals surface area contributed by atoms with E-state index in [1.165, 1.54) is 22.7 Å². The number of hydrogen-bond donors (Lipinski definition) is 3. The molecule has 3 aromatic rings. The molecular formula is C17H15ClN2O2S2. The molecule has 3 rings (SSSR count). The van der Waals surface area contributed by atoms with Crippen LogP contribution < -0.4 is 10.6 Å². The first kappa shape index (κ1) is 17.0. The van der Waals surface area contributed by atoms with Crippen molar-refractivity contribution in [3.8, 4) is 0 Å². The van der Waals surface area contributed by atoms with Gasteiger partial charge in [0.25, 0.3) is 0 Å². The number of halogens is 1. The lowest BCUT2D eigenvalue weighted by Gasteiger charge is -2.27. The maximum atomic E-state index is 12.1. The average molecular weight is 379 g/mol. The van der Waals surface area contributed by atoms with Crippen LogP contribution in [0.4, 0.5) is 10.5 Å². The third-order valence-electron chi connectivity index (χ3n) is 3.53. The normalized spacial score (nSPS) is 13.2. The van der Waals surface area contributed by atoms with Crippen molar-refractivity contribution in [2.24, 2.45) is 0 Å². The molecule has 1 unspecified atom stereocenters. The summed E-state index contributed by atoms with van der Waals surface area (Å²) in [7, 11) is 0. The second kappa shape index (κ2) is 7.36. The van der Waals surface area contributed by atoms with Crippen molar-refractivity contribution in [2.75, 3.05) is 11.9 Å². The third kappa shape index (κ3) is 3.79. The predicted octanol–water partition coefficient (Wildman–Crippen LogP) is 4.52. The number of nitrogens with one attached hydrogen (secondary N) is 2. The number of thiophene rings is 2. The standard InChI is InChI=1S/C17H15ClN2O2S2/c18-13-3-5-14(6-4-13)20-16(21)19-11-17(22,12-7-9-23-10-12)15-2-1-8-24-15/h1-10,22H,11H2,(H2,19,20,21). The number of carbonyl (C=O) groups excluding carboxylic acids is 1. The van der Waals surface area contributed by atoms with Crippen LogP contribution in [0.1, 0.15) is 10.4 Å². The number of amides is 2. The fourth-order valence-electron chi connectivity index (χ4n) is 2.26. The van der Waals surface area contributed by atoms with Crippen LogP contribution in [0.15, 0.2) is 58.6 Å². The van der Waals surface area contributed by atoms with Crippen LogP contribution >= 0.6 is 34.3 Å². The second-order valence-electron chi connectivity index (χ2n) is 5.16. The number of hydrogen-bond acceptors (Lipinski definition) is 4. The molecule has 2 aromatic heterocycles. The topological polar surface area (TPSA) is 61.4 Å². The number of anilines is 1. The van der Waals surface area contributed by atoms with E-state index in [-0.39, 0.29) is 12.6 Å². The Balaban J connectivity index is 1.70. The van der Waals surface area contributed by atoms with E-state index in [0.717, 1.165) is 10.4 Å². The van der Waals surface area contributed by atoms with Crippen molar-refractivity contribution in [1.29, 1.82) is 0 Å². The van der Waals surface area contributed by atoms with Gasteiger partial charge in [-0.15, -0.1) is 11.3 Å². The Kier molecular flexibility index (Phi) is 5.20. The van der Waals surface area contributed by atoms with Gasteiger partial charge in [-0.3, -0.25) is 0 Å². The Morgan fingerprint density at radius 2 is 1.96 bits per heavy atom. The molecule has 0 saturated carbocycles. The summed E-state index contributed by atoms with van der Waals surface area (Å²) in [5, 5.41) is 22.9. The SMILES string of the molecule is O=C(NCC(O)(c1ccsc1)c1cccs1)Nc1ccc(Cl)cc1. The van der Waals surface area contributed by atoms with Crippen molar-refractivity contribution in [3.05, 3.63) is 74.1 Å². The Morgan fingerprint density at radius 1 is 1.17 bits per heavy atom. The molecule has 3 N–H and O–H groups in total. The molecule has 124 valence electrons. The Morgan fingerprint density at radius 3 is 2.58 bits per heavy atom. The minimum absolute atomic E-state index is 0.0731. The van der Waals surface area contributed by atoms with E-state index in [4.69, 9.17) is 11.6 Å². The summed E-state index contributed by atoms with van der Waals surface area (Å²) in [6.45, 7) is 0.0731. The molecule has 0 fully saturated rings. The molecule has 0 bridgehead atoms. The second-order valence-corrected chi connectivity index (χ2v) is 7.33. The molecule has 1 aromatic carbocycles. The highest BCUT2D eigenvalue weighted by molar-refractivity contribution is 7.10. The van der Waals surface area contributed by atoms with Crippen molar-refractivity contribution in [1.82, 2.24) is 5.32 Å². The van der Waals surface area contributed by atoms with E-state index in [2.05, 4.69) is 10.6 Å². The third-order valence-corrected chi connectivity index (χ3v) is 5.49. The van der Waals surface area contributed by atoms with E-state index in [0.29, 0.717) is 10.7 Å². The number of urea groups is 1. The predicted molar refractivity (Wildman–Crippen MR) is 100 cm³/mol. The lowest BCUT2D eigenvalue weighted by atomic mass is 9.94. The molecule has 2 amide bonds. The first-order valence-electron chi connectivity index (χ1n) is 7.17. The highest BCUT2D eigenvalue weighted by atomic mass is 35.5. The number of aliphatic hydroxyl groups is 1. The summed E-state index contributed by atoms with van der Waals surface area (Å²) in [6.07, 6.45) is 0. The summed E-state index contributed by atoms with van der Waals surface area (Å²) in [6, 6.07) is 12.0. The highest BCUT2D eigenvalue weighted by Gasteiger charge is 2.33. The van der Waals surface area contributed by atoms with Crippen molar-refractivity contribution in [3.63, 3.8) is 0 Å². The van der Waals surface area contributed by atoms with Crippen molar-refractivity contribution in [2.45, 2.75) is 5.60 Å². The van der Waals surface area contributed by atoms with Gasteiger partial charge in [0.2, 0.25) is 0 Å². The number of rotatable bonds is 5. The Hall–Kier alpha value is -1.86. The smallest absolute Gasteiger partial charge is 0.319 e. The fraction of sp³-hybridized carbons (Fsp3) is 0.118. The lowest BCUT2D eigenvalue weighted by molar-refractivity contribution is 0.0871. The van der Waals surface area contributed by atoms with E-state index < -0.39 is 5.60 Å². The van der Waals surface area contributed by atoms with Crippen LogP contribution in [-0.4, -0.2) is 17.7 Å². The Labute approximate surface area is 152 Å². The van der Waals surface area contributed by atoms with E-state index in [1.807, 2.05) is 34.3 Å². The van der Waals surface area contributed by atoms with Crippen LogP contribution in [0.3, 0.4) is 0 Å². The van der Waals surface area contributed by atoms with E-state index in [9.17, 15) is 9.90 Å². The monoisotopic (exact) mass is 378 g/mol. The van der Waals surface area contributed by atoms with E-state index >= 15 is 0 Å².